The quantitative estimate of drug-likeness (QED) is 0.545. The predicted octanol–water partition coefficient (Wildman–Crippen LogP) is -0.258. The molecule has 1 saturated heterocycles. The molecular weight excluding hydrogens is 108 g/mol. The van der Waals surface area contributed by atoms with E-state index in [9.17, 15) is 0 Å². The maximum absolute atomic E-state index is 8.65. The van der Waals surface area contributed by atoms with Gasteiger partial charge in [-0.05, 0) is 0 Å². The van der Waals surface area contributed by atoms with E-state index in [0.717, 1.165) is 0 Å². The highest BCUT2D eigenvalue weighted by atomic mass is 16.7. The number of rotatable bonds is 2. The van der Waals surface area contributed by atoms with Crippen molar-refractivity contribution in [3.8, 4) is 0 Å². The van der Waals surface area contributed by atoms with Crippen molar-refractivity contribution in [2.75, 3.05) is 19.8 Å². The topological polar surface area (TPSA) is 38.7 Å². The third-order valence-electron chi connectivity index (χ3n) is 0.949. The summed E-state index contributed by atoms with van der Waals surface area (Å²) in [5.74, 6) is 0. The molecule has 1 aliphatic rings. The molecule has 8 heavy (non-hydrogen) atoms. The van der Waals surface area contributed by atoms with E-state index in [-0.39, 0.29) is 6.42 Å². The average molecular weight is 120 g/mol. The molecule has 0 atom stereocenters. The Morgan fingerprint density at radius 2 is 2.25 bits per heavy atom. The SMILES string of the molecule is [2H]C([2H])(O)CC1OCCO1. The molecule has 0 aromatic heterocycles. The van der Waals surface area contributed by atoms with Gasteiger partial charge in [-0.3, -0.25) is 0 Å². The molecule has 0 aromatic carbocycles. The fraction of sp³-hybridized carbons (Fsp3) is 1.00. The Morgan fingerprint density at radius 1 is 1.62 bits per heavy atom. The van der Waals surface area contributed by atoms with Crippen LogP contribution in [0.15, 0.2) is 0 Å². The van der Waals surface area contributed by atoms with Gasteiger partial charge in [0.05, 0.1) is 16.0 Å². The monoisotopic (exact) mass is 120 g/mol. The minimum Gasteiger partial charge on any atom is -0.396 e. The van der Waals surface area contributed by atoms with Crippen LogP contribution in [0.25, 0.3) is 0 Å². The van der Waals surface area contributed by atoms with Crippen LogP contribution in [-0.4, -0.2) is 31.2 Å². The summed E-state index contributed by atoms with van der Waals surface area (Å²) in [5, 5.41) is 8.65. The van der Waals surface area contributed by atoms with Crippen molar-refractivity contribution in [2.24, 2.45) is 0 Å². The predicted molar refractivity (Wildman–Crippen MR) is 27.4 cm³/mol. The zero-order valence-corrected chi connectivity index (χ0v) is 4.46. The fourth-order valence-electron chi connectivity index (χ4n) is 0.600. The van der Waals surface area contributed by atoms with Crippen molar-refractivity contribution in [3.05, 3.63) is 0 Å². The summed E-state index contributed by atoms with van der Waals surface area (Å²) in [6.07, 6.45) is -0.688. The Morgan fingerprint density at radius 3 is 2.75 bits per heavy atom. The standard InChI is InChI=1S/C5H10O3/c6-2-1-5-7-3-4-8-5/h5-6H,1-4H2/i2D2. The van der Waals surface area contributed by atoms with Crippen molar-refractivity contribution >= 4 is 0 Å². The first kappa shape index (κ1) is 3.82. The Balaban J connectivity index is 2.24. The van der Waals surface area contributed by atoms with Crippen molar-refractivity contribution in [3.63, 3.8) is 0 Å². The largest absolute Gasteiger partial charge is 0.396 e. The van der Waals surface area contributed by atoms with Crippen LogP contribution in [0.2, 0.25) is 0 Å². The van der Waals surface area contributed by atoms with E-state index >= 15 is 0 Å². The van der Waals surface area contributed by atoms with Crippen LogP contribution >= 0.6 is 0 Å². The molecule has 0 aromatic rings. The van der Waals surface area contributed by atoms with Crippen molar-refractivity contribution in [1.82, 2.24) is 0 Å². The van der Waals surface area contributed by atoms with Gasteiger partial charge in [0.15, 0.2) is 6.29 Å². The number of hydrogen-bond acceptors (Lipinski definition) is 3. The molecule has 0 spiro atoms. The number of hydrogen-bond donors (Lipinski definition) is 1. The van der Waals surface area contributed by atoms with Crippen molar-refractivity contribution < 1.29 is 17.3 Å². The van der Waals surface area contributed by atoms with Crippen LogP contribution in [0.3, 0.4) is 0 Å². The van der Waals surface area contributed by atoms with Crippen molar-refractivity contribution in [2.45, 2.75) is 12.7 Å². The molecule has 0 radical (unpaired) electrons. The maximum Gasteiger partial charge on any atom is 0.159 e. The summed E-state index contributed by atoms with van der Waals surface area (Å²) in [6, 6.07) is 0. The summed E-state index contributed by atoms with van der Waals surface area (Å²) in [5.41, 5.74) is 0. The molecule has 0 bridgehead atoms. The molecule has 0 saturated carbocycles. The van der Waals surface area contributed by atoms with Gasteiger partial charge in [-0.2, -0.15) is 0 Å². The van der Waals surface area contributed by atoms with E-state index in [2.05, 4.69) is 0 Å². The number of ether oxygens (including phenoxy) is 2. The minimum absolute atomic E-state index is 0.118. The molecule has 1 heterocycles. The van der Waals surface area contributed by atoms with E-state index in [1.165, 1.54) is 0 Å². The maximum atomic E-state index is 8.65. The highest BCUT2D eigenvalue weighted by Crippen LogP contribution is 2.05. The summed E-state index contributed by atoms with van der Waals surface area (Å²) in [4.78, 5) is 0. The van der Waals surface area contributed by atoms with Gasteiger partial charge in [0, 0.05) is 13.0 Å². The first-order valence-electron chi connectivity index (χ1n) is 3.53. The van der Waals surface area contributed by atoms with Crippen LogP contribution in [-0.2, 0) is 9.47 Å². The molecule has 0 unspecified atom stereocenters. The van der Waals surface area contributed by atoms with Crippen LogP contribution in [0, 0.1) is 0 Å². The molecule has 3 heteroatoms. The lowest BCUT2D eigenvalue weighted by molar-refractivity contribution is -0.0548. The van der Waals surface area contributed by atoms with Crippen LogP contribution in [0.1, 0.15) is 9.16 Å². The van der Waals surface area contributed by atoms with Crippen molar-refractivity contribution in [1.29, 1.82) is 0 Å². The highest BCUT2D eigenvalue weighted by Gasteiger charge is 2.13. The van der Waals surface area contributed by atoms with Gasteiger partial charge in [0.1, 0.15) is 0 Å². The normalized spacial score (nSPS) is 27.6. The molecule has 1 fully saturated rings. The summed E-state index contributed by atoms with van der Waals surface area (Å²) < 4.78 is 23.3. The summed E-state index contributed by atoms with van der Waals surface area (Å²) in [6.45, 7) is -1.21. The summed E-state index contributed by atoms with van der Waals surface area (Å²) in [7, 11) is 0. The highest BCUT2D eigenvalue weighted by molar-refractivity contribution is 4.49. The van der Waals surface area contributed by atoms with Gasteiger partial charge in [-0.1, -0.05) is 0 Å². The molecule has 3 nitrogen and oxygen atoms in total. The average Bonchev–Trinajstić information content (AvgIpc) is 2.12. The zero-order chi connectivity index (χ0) is 7.61. The lowest BCUT2D eigenvalue weighted by Crippen LogP contribution is -2.08. The molecule has 1 aliphatic heterocycles. The smallest absolute Gasteiger partial charge is 0.159 e. The first-order valence-corrected chi connectivity index (χ1v) is 2.53. The van der Waals surface area contributed by atoms with Gasteiger partial charge in [0.2, 0.25) is 0 Å². The Kier molecular flexibility index (Phi) is 1.44. The molecule has 1 rings (SSSR count). The molecule has 0 amide bonds. The van der Waals surface area contributed by atoms with Gasteiger partial charge in [-0.25, -0.2) is 0 Å². The second-order valence-electron chi connectivity index (χ2n) is 1.53. The third-order valence-corrected chi connectivity index (χ3v) is 0.949. The Labute approximate surface area is 51.0 Å². The molecule has 1 N–H and O–H groups in total. The summed E-state index contributed by atoms with van der Waals surface area (Å²) >= 11 is 0. The Hall–Kier alpha value is -0.120. The van der Waals surface area contributed by atoms with Gasteiger partial charge >= 0.3 is 0 Å². The van der Waals surface area contributed by atoms with Gasteiger partial charge in [-0.15, -0.1) is 0 Å². The second-order valence-corrected chi connectivity index (χ2v) is 1.53. The zero-order valence-electron chi connectivity index (χ0n) is 6.46. The van der Waals surface area contributed by atoms with Gasteiger partial charge in [0.25, 0.3) is 0 Å². The van der Waals surface area contributed by atoms with Crippen LogP contribution in [0.4, 0.5) is 0 Å². The Bertz CT molecular complexity index is 106. The second kappa shape index (κ2) is 3.02. The van der Waals surface area contributed by atoms with E-state index in [0.29, 0.717) is 13.2 Å². The van der Waals surface area contributed by atoms with Crippen LogP contribution < -0.4 is 0 Å². The van der Waals surface area contributed by atoms with E-state index in [4.69, 9.17) is 17.3 Å². The first-order chi connectivity index (χ1) is 4.58. The molecule has 48 valence electrons. The van der Waals surface area contributed by atoms with E-state index in [1.54, 1.807) is 0 Å². The minimum atomic E-state index is -2.19. The van der Waals surface area contributed by atoms with Crippen LogP contribution in [0.5, 0.6) is 0 Å². The molecule has 0 aliphatic carbocycles. The van der Waals surface area contributed by atoms with E-state index < -0.39 is 12.8 Å². The third kappa shape index (κ3) is 1.43. The fourth-order valence-corrected chi connectivity index (χ4v) is 0.600. The molecular formula is C5H10O3. The van der Waals surface area contributed by atoms with E-state index in [1.807, 2.05) is 0 Å². The lowest BCUT2D eigenvalue weighted by atomic mass is 10.4. The lowest BCUT2D eigenvalue weighted by Gasteiger charge is -2.03. The van der Waals surface area contributed by atoms with Gasteiger partial charge < -0.3 is 14.6 Å². The number of aliphatic hydroxyl groups is 1.